The molecule has 108 valence electrons. The zero-order valence-electron chi connectivity index (χ0n) is 12.3. The maximum absolute atomic E-state index is 9.58. The van der Waals surface area contributed by atoms with Crippen LogP contribution < -0.4 is 5.32 Å². The van der Waals surface area contributed by atoms with Crippen molar-refractivity contribution in [1.29, 1.82) is 0 Å². The van der Waals surface area contributed by atoms with E-state index in [-0.39, 0.29) is 12.1 Å². The Hall–Kier alpha value is -0.910. The van der Waals surface area contributed by atoms with Crippen molar-refractivity contribution in [3.05, 3.63) is 18.2 Å². The number of aromatic nitrogens is 2. The molecule has 0 spiro atoms. The molecule has 1 fully saturated rings. The van der Waals surface area contributed by atoms with Crippen LogP contribution in [0.5, 0.6) is 0 Å². The van der Waals surface area contributed by atoms with Crippen molar-refractivity contribution in [3.63, 3.8) is 0 Å². The van der Waals surface area contributed by atoms with E-state index in [1.807, 2.05) is 24.0 Å². The van der Waals surface area contributed by atoms with Gasteiger partial charge in [-0.1, -0.05) is 0 Å². The van der Waals surface area contributed by atoms with Gasteiger partial charge in [0, 0.05) is 37.6 Å². The number of aliphatic hydroxyl groups is 1. The van der Waals surface area contributed by atoms with Crippen molar-refractivity contribution in [1.82, 2.24) is 19.8 Å². The summed E-state index contributed by atoms with van der Waals surface area (Å²) in [5.74, 6) is 1.07. The Kier molecular flexibility index (Phi) is 4.60. The fourth-order valence-electron chi connectivity index (χ4n) is 2.22. The van der Waals surface area contributed by atoms with Crippen molar-refractivity contribution in [2.45, 2.75) is 44.3 Å². The molecule has 1 heterocycles. The number of aliphatic hydroxyl groups excluding tert-OH is 1. The first-order chi connectivity index (χ1) is 9.02. The molecule has 1 atom stereocenters. The van der Waals surface area contributed by atoms with Crippen LogP contribution in [0.2, 0.25) is 0 Å². The summed E-state index contributed by atoms with van der Waals surface area (Å²) in [4.78, 5) is 6.59. The molecule has 0 saturated heterocycles. The number of hydrogen-bond donors (Lipinski definition) is 2. The summed E-state index contributed by atoms with van der Waals surface area (Å²) < 4.78 is 2.05. The molecular weight excluding hydrogens is 240 g/mol. The van der Waals surface area contributed by atoms with Crippen LogP contribution in [0, 0.1) is 0 Å². The minimum atomic E-state index is -0.156. The second-order valence-electron chi connectivity index (χ2n) is 6.08. The average Bonchev–Trinajstić information content (AvgIpc) is 3.10. The summed E-state index contributed by atoms with van der Waals surface area (Å²) >= 11 is 0. The van der Waals surface area contributed by atoms with E-state index in [2.05, 4.69) is 29.2 Å². The van der Waals surface area contributed by atoms with E-state index in [0.717, 1.165) is 25.3 Å². The van der Waals surface area contributed by atoms with Crippen LogP contribution in [0.1, 0.15) is 32.0 Å². The van der Waals surface area contributed by atoms with Crippen LogP contribution in [0.3, 0.4) is 0 Å². The van der Waals surface area contributed by atoms with Gasteiger partial charge in [-0.2, -0.15) is 0 Å². The summed E-state index contributed by atoms with van der Waals surface area (Å²) in [5, 5.41) is 13.1. The maximum atomic E-state index is 9.58. The third-order valence-corrected chi connectivity index (χ3v) is 3.86. The number of rotatable bonds is 8. The average molecular weight is 266 g/mol. The molecule has 1 aliphatic carbocycles. The molecule has 0 radical (unpaired) electrons. The van der Waals surface area contributed by atoms with Crippen molar-refractivity contribution in [2.24, 2.45) is 7.05 Å². The summed E-state index contributed by atoms with van der Waals surface area (Å²) in [6, 6.07) is 0.622. The molecule has 1 unspecified atom stereocenters. The molecule has 1 aliphatic rings. The lowest BCUT2D eigenvalue weighted by Crippen LogP contribution is -2.48. The lowest BCUT2D eigenvalue weighted by molar-refractivity contribution is 0.147. The van der Waals surface area contributed by atoms with Crippen molar-refractivity contribution >= 4 is 0 Å². The smallest absolute Gasteiger partial charge is 0.122 e. The molecule has 0 bridgehead atoms. The van der Waals surface area contributed by atoms with Crippen LogP contribution in [0.25, 0.3) is 0 Å². The largest absolute Gasteiger partial charge is 0.394 e. The monoisotopic (exact) mass is 266 g/mol. The fraction of sp³-hybridized carbons (Fsp3) is 0.786. The summed E-state index contributed by atoms with van der Waals surface area (Å²) in [6.45, 7) is 4.09. The van der Waals surface area contributed by atoms with Gasteiger partial charge >= 0.3 is 0 Å². The molecule has 2 N–H and O–H groups in total. The molecule has 5 heteroatoms. The molecule has 0 amide bonds. The van der Waals surface area contributed by atoms with Gasteiger partial charge in [0.05, 0.1) is 13.2 Å². The van der Waals surface area contributed by atoms with Crippen LogP contribution in [0.4, 0.5) is 0 Å². The van der Waals surface area contributed by atoms with Gasteiger partial charge in [0.1, 0.15) is 5.82 Å². The molecule has 2 rings (SSSR count). The Labute approximate surface area is 115 Å². The first-order valence-electron chi connectivity index (χ1n) is 7.06. The Balaban J connectivity index is 1.78. The lowest BCUT2D eigenvalue weighted by atomic mass is 9.98. The highest BCUT2D eigenvalue weighted by Crippen LogP contribution is 2.24. The van der Waals surface area contributed by atoms with Gasteiger partial charge in [-0.15, -0.1) is 0 Å². The Morgan fingerprint density at radius 2 is 2.32 bits per heavy atom. The molecule has 0 aliphatic heterocycles. The van der Waals surface area contributed by atoms with Gasteiger partial charge in [-0.3, -0.25) is 4.90 Å². The predicted molar refractivity (Wildman–Crippen MR) is 75.8 cm³/mol. The van der Waals surface area contributed by atoms with E-state index in [1.165, 1.54) is 12.8 Å². The van der Waals surface area contributed by atoms with E-state index >= 15 is 0 Å². The second-order valence-corrected chi connectivity index (χ2v) is 6.08. The standard InChI is InChI=1S/C14H26N4O/c1-14(11-19,16-12-4-5-12)6-8-17(2)10-13-15-7-9-18(13)3/h7,9,12,16,19H,4-6,8,10-11H2,1-3H3. The normalized spacial score (nSPS) is 18.8. The zero-order valence-corrected chi connectivity index (χ0v) is 12.3. The van der Waals surface area contributed by atoms with Crippen molar-refractivity contribution in [2.75, 3.05) is 20.2 Å². The Morgan fingerprint density at radius 3 is 2.84 bits per heavy atom. The second kappa shape index (κ2) is 6.03. The van der Waals surface area contributed by atoms with E-state index in [0.29, 0.717) is 6.04 Å². The number of aryl methyl sites for hydroxylation is 1. The third kappa shape index (κ3) is 4.30. The molecular formula is C14H26N4O. The highest BCUT2D eigenvalue weighted by molar-refractivity contribution is 4.94. The lowest BCUT2D eigenvalue weighted by Gasteiger charge is -2.31. The van der Waals surface area contributed by atoms with Gasteiger partial charge < -0.3 is 15.0 Å². The number of hydrogen-bond acceptors (Lipinski definition) is 4. The van der Waals surface area contributed by atoms with Crippen molar-refractivity contribution in [3.8, 4) is 0 Å². The van der Waals surface area contributed by atoms with Crippen LogP contribution in [-0.2, 0) is 13.6 Å². The quantitative estimate of drug-likeness (QED) is 0.729. The number of imidazole rings is 1. The summed E-state index contributed by atoms with van der Waals surface area (Å²) in [7, 11) is 4.12. The van der Waals surface area contributed by atoms with Gasteiger partial charge in [-0.05, 0) is 33.2 Å². The molecule has 1 aromatic heterocycles. The van der Waals surface area contributed by atoms with Gasteiger partial charge in [-0.25, -0.2) is 4.98 Å². The van der Waals surface area contributed by atoms with Gasteiger partial charge in [0.25, 0.3) is 0 Å². The van der Waals surface area contributed by atoms with E-state index < -0.39 is 0 Å². The fourth-order valence-corrected chi connectivity index (χ4v) is 2.22. The van der Waals surface area contributed by atoms with Gasteiger partial charge in [0.2, 0.25) is 0 Å². The number of nitrogens with one attached hydrogen (secondary N) is 1. The van der Waals surface area contributed by atoms with Crippen molar-refractivity contribution < 1.29 is 5.11 Å². The Morgan fingerprint density at radius 1 is 1.58 bits per heavy atom. The number of nitrogens with zero attached hydrogens (tertiary/aromatic N) is 3. The topological polar surface area (TPSA) is 53.3 Å². The van der Waals surface area contributed by atoms with Crippen LogP contribution >= 0.6 is 0 Å². The van der Waals surface area contributed by atoms with E-state index in [1.54, 1.807) is 0 Å². The zero-order chi connectivity index (χ0) is 13.9. The van der Waals surface area contributed by atoms with Crippen LogP contribution in [0.15, 0.2) is 12.4 Å². The first-order valence-corrected chi connectivity index (χ1v) is 7.06. The summed E-state index contributed by atoms with van der Waals surface area (Å²) in [6.07, 6.45) is 7.24. The van der Waals surface area contributed by atoms with E-state index in [4.69, 9.17) is 0 Å². The van der Waals surface area contributed by atoms with Crippen LogP contribution in [-0.4, -0.2) is 51.3 Å². The molecule has 1 aromatic rings. The highest BCUT2D eigenvalue weighted by Gasteiger charge is 2.31. The predicted octanol–water partition coefficient (Wildman–Crippen LogP) is 0.745. The SMILES string of the molecule is CN(CCC(C)(CO)NC1CC1)Cc1nccn1C. The molecule has 0 aromatic carbocycles. The molecule has 19 heavy (non-hydrogen) atoms. The summed E-state index contributed by atoms with van der Waals surface area (Å²) in [5.41, 5.74) is -0.156. The molecule has 1 saturated carbocycles. The minimum absolute atomic E-state index is 0.156. The van der Waals surface area contributed by atoms with E-state index in [9.17, 15) is 5.11 Å². The first kappa shape index (κ1) is 14.5. The highest BCUT2D eigenvalue weighted by atomic mass is 16.3. The minimum Gasteiger partial charge on any atom is -0.394 e. The van der Waals surface area contributed by atoms with Gasteiger partial charge in [0.15, 0.2) is 0 Å². The maximum Gasteiger partial charge on any atom is 0.122 e. The third-order valence-electron chi connectivity index (χ3n) is 3.86. The molecule has 5 nitrogen and oxygen atoms in total. The Bertz CT molecular complexity index is 402.